The number of hydrogen-bond acceptors (Lipinski definition) is 1. The fourth-order valence-electron chi connectivity index (χ4n) is 6.71. The fourth-order valence-corrected chi connectivity index (χ4v) is 6.71. The molecule has 0 saturated carbocycles. The van der Waals surface area contributed by atoms with Crippen molar-refractivity contribution >= 4 is 27.6 Å². The van der Waals surface area contributed by atoms with Gasteiger partial charge >= 0.3 is 0 Å². The normalized spacial score (nSPS) is 14.9. The van der Waals surface area contributed by atoms with Gasteiger partial charge in [0.1, 0.15) is 0 Å². The molecule has 5 aromatic carbocycles. The number of aromatic nitrogens is 1. The van der Waals surface area contributed by atoms with E-state index >= 15 is 0 Å². The van der Waals surface area contributed by atoms with Crippen LogP contribution in [-0.2, 0) is 0 Å². The molecule has 1 nitrogen and oxygen atoms in total. The number of pyridine rings is 1. The Kier molecular flexibility index (Phi) is 4.19. The van der Waals surface area contributed by atoms with Crippen molar-refractivity contribution in [1.82, 2.24) is 4.98 Å². The highest BCUT2D eigenvalue weighted by Crippen LogP contribution is 2.53. The monoisotopic (exact) mass is 471 g/mol. The van der Waals surface area contributed by atoms with Crippen LogP contribution in [0, 0.1) is 13.8 Å². The summed E-state index contributed by atoms with van der Waals surface area (Å²) >= 11 is 0. The van der Waals surface area contributed by atoms with Gasteiger partial charge in [-0.05, 0) is 97.8 Å². The molecule has 37 heavy (non-hydrogen) atoms. The van der Waals surface area contributed by atoms with Gasteiger partial charge in [-0.1, -0.05) is 90.5 Å². The topological polar surface area (TPSA) is 12.9 Å². The van der Waals surface area contributed by atoms with Crippen LogP contribution in [0.3, 0.4) is 0 Å². The maximum Gasteiger partial charge on any atom is 0.0349 e. The molecule has 0 amide bonds. The number of rotatable bonds is 1. The zero-order valence-corrected chi connectivity index (χ0v) is 20.9. The van der Waals surface area contributed by atoms with Crippen LogP contribution in [0.25, 0.3) is 61.0 Å². The first-order chi connectivity index (χ1) is 18.2. The van der Waals surface area contributed by atoms with Crippen molar-refractivity contribution in [2.24, 2.45) is 0 Å². The molecule has 1 atom stereocenters. The molecule has 174 valence electrons. The number of hydrogen-bond donors (Lipinski definition) is 0. The first-order valence-corrected chi connectivity index (χ1v) is 13.0. The van der Waals surface area contributed by atoms with Crippen LogP contribution in [0.1, 0.15) is 33.7 Å². The number of aryl methyl sites for hydroxylation is 2. The number of fused-ring (bicyclic) bond motifs is 8. The van der Waals surface area contributed by atoms with E-state index in [4.69, 9.17) is 0 Å². The Balaban J connectivity index is 1.48. The fraction of sp³-hybridized carbons (Fsp3) is 0.0833. The van der Waals surface area contributed by atoms with E-state index < -0.39 is 0 Å². The molecule has 6 aromatic rings. The Morgan fingerprint density at radius 2 is 1.54 bits per heavy atom. The van der Waals surface area contributed by atoms with Crippen molar-refractivity contribution in [3.63, 3.8) is 0 Å². The van der Waals surface area contributed by atoms with Gasteiger partial charge in [-0.25, -0.2) is 0 Å². The van der Waals surface area contributed by atoms with E-state index in [-0.39, 0.29) is 5.92 Å². The Morgan fingerprint density at radius 3 is 2.46 bits per heavy atom. The summed E-state index contributed by atoms with van der Waals surface area (Å²) in [6.45, 7) is 4.44. The Morgan fingerprint density at radius 1 is 0.649 bits per heavy atom. The third-order valence-electron chi connectivity index (χ3n) is 8.38. The van der Waals surface area contributed by atoms with Gasteiger partial charge in [0.2, 0.25) is 0 Å². The van der Waals surface area contributed by atoms with Gasteiger partial charge in [0.25, 0.3) is 0 Å². The van der Waals surface area contributed by atoms with Crippen LogP contribution in [0.2, 0.25) is 0 Å². The second-order valence-electron chi connectivity index (χ2n) is 10.5. The molecule has 1 heterocycles. The van der Waals surface area contributed by atoms with Gasteiger partial charge in [0.15, 0.2) is 0 Å². The molecule has 0 radical (unpaired) electrons. The highest BCUT2D eigenvalue weighted by molar-refractivity contribution is 6.20. The minimum atomic E-state index is 0.147. The van der Waals surface area contributed by atoms with E-state index in [9.17, 15) is 0 Å². The van der Waals surface area contributed by atoms with Crippen molar-refractivity contribution in [2.75, 3.05) is 0 Å². The lowest BCUT2D eigenvalue weighted by Gasteiger charge is -2.20. The van der Waals surface area contributed by atoms with Crippen LogP contribution < -0.4 is 0 Å². The van der Waals surface area contributed by atoms with Crippen molar-refractivity contribution < 1.29 is 0 Å². The summed E-state index contributed by atoms with van der Waals surface area (Å²) in [5, 5.41) is 5.19. The van der Waals surface area contributed by atoms with Crippen LogP contribution >= 0.6 is 0 Å². The summed E-state index contributed by atoms with van der Waals surface area (Å²) in [6, 6.07) is 31.7. The minimum absolute atomic E-state index is 0.147. The number of nitrogens with zero attached hydrogens (tertiary/aromatic N) is 1. The molecule has 0 fully saturated rings. The maximum absolute atomic E-state index is 4.48. The SMILES string of the molecule is Cc1ccc2c(c1)C(c1cccc3ccncc13)C=Cc1c-2cc2c3c(c(C)ccc13)-c1ccccc1-2. The number of allylic oxidation sites excluding steroid dienone is 1. The summed E-state index contributed by atoms with van der Waals surface area (Å²) in [4.78, 5) is 4.48. The standard InChI is InChI=1S/C36H25N/c1-21-10-12-28-31(18-21)26(24-9-5-6-23-16-17-37-20-34(23)24)14-15-27-30-13-11-22(2)35-29-8-4-3-7-25(29)33(36(30)35)19-32(27)28/h3-20,26H,1-2H3. The van der Waals surface area contributed by atoms with Crippen LogP contribution in [0.15, 0.2) is 103 Å². The summed E-state index contributed by atoms with van der Waals surface area (Å²) in [5.74, 6) is 0.147. The van der Waals surface area contributed by atoms with Crippen molar-refractivity contribution in [2.45, 2.75) is 19.8 Å². The van der Waals surface area contributed by atoms with Crippen LogP contribution in [-0.4, -0.2) is 4.98 Å². The van der Waals surface area contributed by atoms with E-state index in [0.29, 0.717) is 0 Å². The van der Waals surface area contributed by atoms with Gasteiger partial charge in [-0.15, -0.1) is 0 Å². The van der Waals surface area contributed by atoms with E-state index in [2.05, 4.69) is 116 Å². The zero-order valence-electron chi connectivity index (χ0n) is 20.9. The molecular formula is C36H25N. The third kappa shape index (κ3) is 2.83. The number of benzene rings is 5. The van der Waals surface area contributed by atoms with Gasteiger partial charge in [0.05, 0.1) is 0 Å². The molecule has 2 aliphatic carbocycles. The summed E-state index contributed by atoms with van der Waals surface area (Å²) in [5.41, 5.74) is 14.7. The lowest BCUT2D eigenvalue weighted by molar-refractivity contribution is 1.05. The minimum Gasteiger partial charge on any atom is -0.264 e. The molecule has 0 spiro atoms. The Labute approximate surface area is 216 Å². The van der Waals surface area contributed by atoms with Gasteiger partial charge in [0, 0.05) is 23.7 Å². The van der Waals surface area contributed by atoms with E-state index in [1.807, 2.05) is 12.4 Å². The van der Waals surface area contributed by atoms with Crippen LogP contribution in [0.5, 0.6) is 0 Å². The molecule has 1 unspecified atom stereocenters. The molecule has 8 rings (SSSR count). The van der Waals surface area contributed by atoms with Crippen molar-refractivity contribution in [3.05, 3.63) is 131 Å². The van der Waals surface area contributed by atoms with E-state index in [0.717, 1.165) is 0 Å². The highest BCUT2D eigenvalue weighted by Gasteiger charge is 2.28. The average Bonchev–Trinajstić information content (AvgIpc) is 3.17. The quantitative estimate of drug-likeness (QED) is 0.232. The van der Waals surface area contributed by atoms with Gasteiger partial charge in [-0.2, -0.15) is 0 Å². The Hall–Kier alpha value is -4.49. The molecule has 2 aliphatic rings. The van der Waals surface area contributed by atoms with E-state index in [1.165, 1.54) is 82.7 Å². The molecule has 0 N–H and O–H groups in total. The predicted molar refractivity (Wildman–Crippen MR) is 156 cm³/mol. The average molecular weight is 472 g/mol. The first kappa shape index (κ1) is 20.7. The lowest BCUT2D eigenvalue weighted by atomic mass is 9.83. The molecule has 0 bridgehead atoms. The van der Waals surface area contributed by atoms with Crippen molar-refractivity contribution in [3.8, 4) is 33.4 Å². The molecular weight excluding hydrogens is 446 g/mol. The lowest BCUT2D eigenvalue weighted by Crippen LogP contribution is -2.01. The summed E-state index contributed by atoms with van der Waals surface area (Å²) in [6.07, 6.45) is 8.69. The summed E-state index contributed by atoms with van der Waals surface area (Å²) in [7, 11) is 0. The molecule has 0 aliphatic heterocycles. The Bertz CT molecular complexity index is 1950. The second kappa shape index (κ2) is 7.51. The molecule has 1 aromatic heterocycles. The smallest absolute Gasteiger partial charge is 0.0349 e. The molecule has 0 saturated heterocycles. The maximum atomic E-state index is 4.48. The highest BCUT2D eigenvalue weighted by atomic mass is 14.6. The second-order valence-corrected chi connectivity index (χ2v) is 10.5. The van der Waals surface area contributed by atoms with E-state index in [1.54, 1.807) is 0 Å². The molecule has 1 heteroatoms. The largest absolute Gasteiger partial charge is 0.264 e. The zero-order chi connectivity index (χ0) is 24.7. The first-order valence-electron chi connectivity index (χ1n) is 13.0. The summed E-state index contributed by atoms with van der Waals surface area (Å²) < 4.78 is 0. The van der Waals surface area contributed by atoms with Gasteiger partial charge in [-0.3, -0.25) is 4.98 Å². The third-order valence-corrected chi connectivity index (χ3v) is 8.38. The predicted octanol–water partition coefficient (Wildman–Crippen LogP) is 9.48. The van der Waals surface area contributed by atoms with Crippen molar-refractivity contribution in [1.29, 1.82) is 0 Å². The van der Waals surface area contributed by atoms with Crippen LogP contribution in [0.4, 0.5) is 0 Å². The van der Waals surface area contributed by atoms with Gasteiger partial charge < -0.3 is 0 Å².